The highest BCUT2D eigenvalue weighted by Gasteiger charge is 2.36. The second-order valence-corrected chi connectivity index (χ2v) is 10.1. The lowest BCUT2D eigenvalue weighted by atomic mass is 10.1. The predicted molar refractivity (Wildman–Crippen MR) is 151 cm³/mol. The summed E-state index contributed by atoms with van der Waals surface area (Å²) in [5.41, 5.74) is 1.51. The lowest BCUT2D eigenvalue weighted by Gasteiger charge is -2.14. The molecule has 3 aromatic carbocycles. The maximum Gasteiger partial charge on any atom is 0.294 e. The number of nitrogens with zero attached hydrogens (tertiary/aromatic N) is 1. The van der Waals surface area contributed by atoms with Crippen molar-refractivity contribution in [2.45, 2.75) is 6.61 Å². The molecule has 0 aromatic heterocycles. The van der Waals surface area contributed by atoms with Crippen LogP contribution >= 0.6 is 34.4 Å². The molecule has 0 radical (unpaired) electrons. The summed E-state index contributed by atoms with van der Waals surface area (Å²) >= 11 is 2.81. The minimum atomic E-state index is -0.571. The molecule has 0 spiro atoms. The van der Waals surface area contributed by atoms with Gasteiger partial charge >= 0.3 is 0 Å². The summed E-state index contributed by atoms with van der Waals surface area (Å²) in [6.45, 7) is -0.409. The zero-order valence-electron chi connectivity index (χ0n) is 20.3. The number of halogens is 2. The summed E-state index contributed by atoms with van der Waals surface area (Å²) in [5, 5.41) is 2.11. The molecule has 1 heterocycles. The zero-order chi connectivity index (χ0) is 27.2. The van der Waals surface area contributed by atoms with Crippen LogP contribution in [-0.4, -0.2) is 42.7 Å². The number of carbonyl (C=O) groups is 3. The van der Waals surface area contributed by atoms with E-state index < -0.39 is 23.6 Å². The van der Waals surface area contributed by atoms with Crippen LogP contribution in [0.1, 0.15) is 11.1 Å². The third-order valence-electron chi connectivity index (χ3n) is 5.43. The highest BCUT2D eigenvalue weighted by Crippen LogP contribution is 2.37. The monoisotopic (exact) mass is 648 g/mol. The van der Waals surface area contributed by atoms with E-state index in [1.165, 1.54) is 20.3 Å². The van der Waals surface area contributed by atoms with Gasteiger partial charge in [0.1, 0.15) is 24.7 Å². The van der Waals surface area contributed by atoms with Gasteiger partial charge in [-0.3, -0.25) is 19.3 Å². The number of thioether (sulfide) groups is 1. The Bertz CT molecular complexity index is 1410. The lowest BCUT2D eigenvalue weighted by molar-refractivity contribution is -0.127. The molecule has 1 N–H and O–H groups in total. The van der Waals surface area contributed by atoms with Crippen LogP contribution in [0.2, 0.25) is 0 Å². The van der Waals surface area contributed by atoms with Gasteiger partial charge < -0.3 is 19.5 Å². The minimum Gasteiger partial charge on any atom is -0.497 e. The Hall–Kier alpha value is -3.58. The Labute approximate surface area is 236 Å². The summed E-state index contributed by atoms with van der Waals surface area (Å²) in [4.78, 5) is 38.9. The number of rotatable bonds is 9. The molecule has 0 aliphatic carbocycles. The number of carbonyl (C=O) groups excluding carboxylic acids is 3. The van der Waals surface area contributed by atoms with Crippen LogP contribution in [0, 0.1) is 9.39 Å². The molecule has 0 bridgehead atoms. The lowest BCUT2D eigenvalue weighted by Crippen LogP contribution is -2.36. The smallest absolute Gasteiger partial charge is 0.294 e. The topological polar surface area (TPSA) is 94.2 Å². The van der Waals surface area contributed by atoms with E-state index in [1.807, 2.05) is 0 Å². The number of anilines is 1. The van der Waals surface area contributed by atoms with Crippen LogP contribution in [0.4, 0.5) is 14.9 Å². The highest BCUT2D eigenvalue weighted by molar-refractivity contribution is 14.1. The molecule has 11 heteroatoms. The van der Waals surface area contributed by atoms with Gasteiger partial charge in [-0.2, -0.15) is 0 Å². The first-order valence-electron chi connectivity index (χ1n) is 11.2. The first-order valence-corrected chi connectivity index (χ1v) is 13.1. The number of methoxy groups -OCH3 is 2. The number of ether oxygens (including phenoxy) is 3. The number of hydrogen-bond donors (Lipinski definition) is 1. The van der Waals surface area contributed by atoms with Crippen molar-refractivity contribution < 1.29 is 33.0 Å². The number of imide groups is 1. The summed E-state index contributed by atoms with van der Waals surface area (Å²) in [5.74, 6) is 0.000906. The zero-order valence-corrected chi connectivity index (χ0v) is 23.3. The van der Waals surface area contributed by atoms with E-state index in [0.717, 1.165) is 16.7 Å². The van der Waals surface area contributed by atoms with Crippen molar-refractivity contribution in [2.24, 2.45) is 0 Å². The second kappa shape index (κ2) is 12.3. The van der Waals surface area contributed by atoms with Gasteiger partial charge in [-0.1, -0.05) is 18.2 Å². The number of amides is 3. The summed E-state index contributed by atoms with van der Waals surface area (Å²) in [6.07, 6.45) is 1.55. The van der Waals surface area contributed by atoms with Gasteiger partial charge in [0.05, 0.1) is 22.7 Å². The molecular weight excluding hydrogens is 626 g/mol. The molecule has 4 rings (SSSR count). The van der Waals surface area contributed by atoms with Crippen molar-refractivity contribution >= 4 is 63.2 Å². The van der Waals surface area contributed by atoms with Crippen LogP contribution < -0.4 is 19.5 Å². The average Bonchev–Trinajstić information content (AvgIpc) is 3.16. The van der Waals surface area contributed by atoms with Crippen LogP contribution in [0.3, 0.4) is 0 Å². The maximum absolute atomic E-state index is 14.0. The predicted octanol–water partition coefficient (Wildman–Crippen LogP) is 5.70. The molecule has 3 aromatic rings. The van der Waals surface area contributed by atoms with Crippen molar-refractivity contribution in [3.63, 3.8) is 0 Å². The molecule has 1 aliphatic rings. The van der Waals surface area contributed by atoms with Crippen molar-refractivity contribution in [1.29, 1.82) is 0 Å². The standard InChI is InChI=1S/C27H22FIN2O6S/c1-35-19-9-7-18(8-10-19)30-24(32)14-31-26(33)23(38-27(31)34)13-16-11-21(29)25(22(12-16)36-2)37-15-17-5-3-4-6-20(17)28/h3-13H,14-15H2,1-2H3,(H,30,32)/b23-13+. The molecule has 196 valence electrons. The van der Waals surface area contributed by atoms with Gasteiger partial charge in [0.2, 0.25) is 5.91 Å². The largest absolute Gasteiger partial charge is 0.497 e. The molecule has 0 unspecified atom stereocenters. The quantitative estimate of drug-likeness (QED) is 0.235. The van der Waals surface area contributed by atoms with Crippen LogP contribution in [0.5, 0.6) is 17.2 Å². The van der Waals surface area contributed by atoms with E-state index in [0.29, 0.717) is 37.6 Å². The van der Waals surface area contributed by atoms with E-state index in [1.54, 1.807) is 60.7 Å². The van der Waals surface area contributed by atoms with E-state index in [2.05, 4.69) is 27.9 Å². The van der Waals surface area contributed by atoms with Gasteiger partial charge in [-0.05, 0) is 88.5 Å². The number of hydrogen-bond acceptors (Lipinski definition) is 7. The van der Waals surface area contributed by atoms with Crippen LogP contribution in [-0.2, 0) is 16.2 Å². The van der Waals surface area contributed by atoms with Crippen molar-refractivity contribution in [1.82, 2.24) is 4.90 Å². The van der Waals surface area contributed by atoms with E-state index in [4.69, 9.17) is 14.2 Å². The minimum absolute atomic E-state index is 0.00978. The summed E-state index contributed by atoms with van der Waals surface area (Å²) < 4.78 is 31.0. The van der Waals surface area contributed by atoms with Gasteiger partial charge in [-0.25, -0.2) is 4.39 Å². The van der Waals surface area contributed by atoms with Crippen molar-refractivity contribution in [3.05, 3.63) is 86.1 Å². The third-order valence-corrected chi connectivity index (χ3v) is 7.14. The van der Waals surface area contributed by atoms with Gasteiger partial charge in [0.15, 0.2) is 11.5 Å². The fourth-order valence-electron chi connectivity index (χ4n) is 3.53. The van der Waals surface area contributed by atoms with Crippen molar-refractivity contribution in [3.8, 4) is 17.2 Å². The second-order valence-electron chi connectivity index (χ2n) is 7.96. The molecular formula is C27H22FIN2O6S. The molecule has 1 saturated heterocycles. The molecule has 38 heavy (non-hydrogen) atoms. The number of nitrogens with one attached hydrogen (secondary N) is 1. The Morgan fingerprint density at radius 1 is 1.08 bits per heavy atom. The first-order chi connectivity index (χ1) is 18.3. The fraction of sp³-hybridized carbons (Fsp3) is 0.148. The first kappa shape index (κ1) is 27.5. The third kappa shape index (κ3) is 6.45. The Kier molecular flexibility index (Phi) is 8.89. The maximum atomic E-state index is 14.0. The van der Waals surface area contributed by atoms with E-state index in [-0.39, 0.29) is 17.3 Å². The van der Waals surface area contributed by atoms with Crippen LogP contribution in [0.25, 0.3) is 6.08 Å². The molecule has 1 fully saturated rings. The Balaban J connectivity index is 1.46. The molecule has 0 atom stereocenters. The van der Waals surface area contributed by atoms with Gasteiger partial charge in [0, 0.05) is 11.3 Å². The highest BCUT2D eigenvalue weighted by atomic mass is 127. The van der Waals surface area contributed by atoms with E-state index in [9.17, 15) is 18.8 Å². The van der Waals surface area contributed by atoms with Gasteiger partial charge in [-0.15, -0.1) is 0 Å². The molecule has 3 amide bonds. The van der Waals surface area contributed by atoms with E-state index >= 15 is 0 Å². The SMILES string of the molecule is COc1ccc(NC(=O)CN2C(=O)S/C(=C/c3cc(I)c(OCc4ccccc4F)c(OC)c3)C2=O)cc1. The molecule has 8 nitrogen and oxygen atoms in total. The normalized spacial score (nSPS) is 14.1. The Morgan fingerprint density at radius 2 is 1.82 bits per heavy atom. The van der Waals surface area contributed by atoms with Crippen molar-refractivity contribution in [2.75, 3.05) is 26.1 Å². The van der Waals surface area contributed by atoms with Gasteiger partial charge in [0.25, 0.3) is 11.1 Å². The fourth-order valence-corrected chi connectivity index (χ4v) is 5.15. The molecule has 1 aliphatic heterocycles. The summed E-state index contributed by atoms with van der Waals surface area (Å²) in [6, 6.07) is 16.4. The summed E-state index contributed by atoms with van der Waals surface area (Å²) in [7, 11) is 3.01. The number of benzene rings is 3. The molecule has 0 saturated carbocycles. The van der Waals surface area contributed by atoms with Crippen LogP contribution in [0.15, 0.2) is 65.6 Å². The average molecular weight is 648 g/mol. The Morgan fingerprint density at radius 3 is 2.50 bits per heavy atom.